The number of nitrogens with one attached hydrogen (secondary N) is 1. The SMILES string of the molecule is Cc1ccnc(Oc2ccc(-c3[nH]ccc3N)cc2F)n1. The molecule has 3 aromatic rings. The number of anilines is 1. The van der Waals surface area contributed by atoms with E-state index in [1.165, 1.54) is 12.1 Å². The molecular formula is C15H13FN4O. The molecule has 3 N–H and O–H groups in total. The molecular weight excluding hydrogens is 271 g/mol. The minimum atomic E-state index is -0.508. The number of aromatic amines is 1. The molecule has 0 fully saturated rings. The first-order chi connectivity index (χ1) is 10.1. The highest BCUT2D eigenvalue weighted by molar-refractivity contribution is 5.73. The van der Waals surface area contributed by atoms with Crippen LogP contribution in [0.3, 0.4) is 0 Å². The van der Waals surface area contributed by atoms with Crippen molar-refractivity contribution in [2.45, 2.75) is 6.92 Å². The highest BCUT2D eigenvalue weighted by atomic mass is 19.1. The summed E-state index contributed by atoms with van der Waals surface area (Å²) in [6.45, 7) is 1.81. The molecule has 21 heavy (non-hydrogen) atoms. The van der Waals surface area contributed by atoms with Gasteiger partial charge in [0.25, 0.3) is 0 Å². The fraction of sp³-hybridized carbons (Fsp3) is 0.0667. The maximum Gasteiger partial charge on any atom is 0.322 e. The van der Waals surface area contributed by atoms with E-state index in [1.807, 2.05) is 6.92 Å². The molecule has 5 nitrogen and oxygen atoms in total. The van der Waals surface area contributed by atoms with Crippen molar-refractivity contribution in [2.75, 3.05) is 5.73 Å². The fourth-order valence-corrected chi connectivity index (χ4v) is 1.94. The Morgan fingerprint density at radius 2 is 2.10 bits per heavy atom. The van der Waals surface area contributed by atoms with Gasteiger partial charge in [0, 0.05) is 23.7 Å². The van der Waals surface area contributed by atoms with Crippen LogP contribution in [-0.2, 0) is 0 Å². The number of aryl methyl sites for hydroxylation is 1. The Morgan fingerprint density at radius 1 is 1.24 bits per heavy atom. The van der Waals surface area contributed by atoms with Crippen LogP contribution in [0.5, 0.6) is 11.8 Å². The van der Waals surface area contributed by atoms with Crippen LogP contribution >= 0.6 is 0 Å². The molecule has 0 aliphatic carbocycles. The molecule has 0 amide bonds. The first kappa shape index (κ1) is 13.1. The second kappa shape index (κ2) is 5.24. The first-order valence-corrected chi connectivity index (χ1v) is 6.34. The van der Waals surface area contributed by atoms with E-state index in [9.17, 15) is 4.39 Å². The summed E-state index contributed by atoms with van der Waals surface area (Å²) in [6, 6.07) is 8.17. The molecule has 0 radical (unpaired) electrons. The Hall–Kier alpha value is -2.89. The summed E-state index contributed by atoms with van der Waals surface area (Å²) in [5.74, 6) is -0.443. The maximum absolute atomic E-state index is 14.1. The molecule has 0 bridgehead atoms. The minimum Gasteiger partial charge on any atom is -0.421 e. The Bertz CT molecular complexity index is 785. The molecule has 0 spiro atoms. The second-order valence-electron chi connectivity index (χ2n) is 4.54. The summed E-state index contributed by atoms with van der Waals surface area (Å²) < 4.78 is 19.5. The predicted octanol–water partition coefficient (Wildman–Crippen LogP) is 3.29. The minimum absolute atomic E-state index is 0.0643. The number of H-pyrrole nitrogens is 1. The number of halogens is 1. The van der Waals surface area contributed by atoms with E-state index in [1.54, 1.807) is 30.6 Å². The zero-order chi connectivity index (χ0) is 14.8. The quantitative estimate of drug-likeness (QED) is 0.773. The monoisotopic (exact) mass is 284 g/mol. The van der Waals surface area contributed by atoms with Gasteiger partial charge in [-0.25, -0.2) is 14.4 Å². The zero-order valence-electron chi connectivity index (χ0n) is 11.3. The van der Waals surface area contributed by atoms with Crippen molar-refractivity contribution in [2.24, 2.45) is 0 Å². The van der Waals surface area contributed by atoms with Crippen LogP contribution in [0.2, 0.25) is 0 Å². The number of nitrogens with zero attached hydrogens (tertiary/aromatic N) is 2. The molecule has 106 valence electrons. The lowest BCUT2D eigenvalue weighted by molar-refractivity contribution is 0.410. The van der Waals surface area contributed by atoms with Gasteiger partial charge in [-0.1, -0.05) is 0 Å². The van der Waals surface area contributed by atoms with Crippen LogP contribution < -0.4 is 10.5 Å². The number of hydrogen-bond donors (Lipinski definition) is 2. The third-order valence-electron chi connectivity index (χ3n) is 2.97. The van der Waals surface area contributed by atoms with E-state index in [2.05, 4.69) is 15.0 Å². The average molecular weight is 284 g/mol. The topological polar surface area (TPSA) is 76.8 Å². The molecule has 0 saturated heterocycles. The van der Waals surface area contributed by atoms with Gasteiger partial charge in [-0.2, -0.15) is 0 Å². The number of ether oxygens (including phenoxy) is 1. The number of hydrogen-bond acceptors (Lipinski definition) is 4. The van der Waals surface area contributed by atoms with E-state index >= 15 is 0 Å². The Morgan fingerprint density at radius 3 is 2.76 bits per heavy atom. The molecule has 2 aromatic heterocycles. The number of benzene rings is 1. The van der Waals surface area contributed by atoms with E-state index in [0.717, 1.165) is 5.69 Å². The highest BCUT2D eigenvalue weighted by Gasteiger charge is 2.11. The molecule has 0 unspecified atom stereocenters. The number of rotatable bonds is 3. The van der Waals surface area contributed by atoms with Crippen LogP contribution in [0, 0.1) is 12.7 Å². The van der Waals surface area contributed by atoms with Gasteiger partial charge in [0.2, 0.25) is 0 Å². The van der Waals surface area contributed by atoms with Crippen molar-refractivity contribution in [3.8, 4) is 23.0 Å². The van der Waals surface area contributed by atoms with E-state index in [0.29, 0.717) is 16.9 Å². The Labute approximate surface area is 120 Å². The zero-order valence-corrected chi connectivity index (χ0v) is 11.3. The van der Waals surface area contributed by atoms with Crippen molar-refractivity contribution >= 4 is 5.69 Å². The molecule has 0 atom stereocenters. The van der Waals surface area contributed by atoms with Gasteiger partial charge in [-0.05, 0) is 37.3 Å². The lowest BCUT2D eigenvalue weighted by Gasteiger charge is -2.07. The number of nitrogen functional groups attached to an aromatic ring is 1. The number of nitrogens with two attached hydrogens (primary N) is 1. The molecule has 2 heterocycles. The van der Waals surface area contributed by atoms with Gasteiger partial charge in [0.05, 0.1) is 11.4 Å². The van der Waals surface area contributed by atoms with Crippen LogP contribution in [0.15, 0.2) is 42.7 Å². The largest absolute Gasteiger partial charge is 0.421 e. The van der Waals surface area contributed by atoms with Gasteiger partial charge in [0.1, 0.15) is 0 Å². The second-order valence-corrected chi connectivity index (χ2v) is 4.54. The summed E-state index contributed by atoms with van der Waals surface area (Å²) >= 11 is 0. The lowest BCUT2D eigenvalue weighted by Crippen LogP contribution is -1.95. The fourth-order valence-electron chi connectivity index (χ4n) is 1.94. The molecule has 3 rings (SSSR count). The third-order valence-corrected chi connectivity index (χ3v) is 2.97. The third kappa shape index (κ3) is 2.69. The van der Waals surface area contributed by atoms with Crippen LogP contribution in [0.4, 0.5) is 10.1 Å². The Kier molecular flexibility index (Phi) is 3.27. The summed E-state index contributed by atoms with van der Waals surface area (Å²) in [5, 5.41) is 0. The molecule has 0 aliphatic heterocycles. The standard InChI is InChI=1S/C15H13FN4O/c1-9-4-6-19-15(20-9)21-13-3-2-10(8-11(13)16)14-12(17)5-7-18-14/h2-8,18H,17H2,1H3. The van der Waals surface area contributed by atoms with Crippen molar-refractivity contribution in [3.05, 3.63) is 54.2 Å². The van der Waals surface area contributed by atoms with Crippen molar-refractivity contribution in [1.29, 1.82) is 0 Å². The molecule has 1 aromatic carbocycles. The van der Waals surface area contributed by atoms with E-state index in [4.69, 9.17) is 10.5 Å². The maximum atomic E-state index is 14.1. The number of aromatic nitrogens is 3. The van der Waals surface area contributed by atoms with Gasteiger partial charge < -0.3 is 15.5 Å². The first-order valence-electron chi connectivity index (χ1n) is 6.34. The van der Waals surface area contributed by atoms with Crippen LogP contribution in [-0.4, -0.2) is 15.0 Å². The summed E-state index contributed by atoms with van der Waals surface area (Å²) in [4.78, 5) is 11.0. The molecule has 6 heteroatoms. The van der Waals surface area contributed by atoms with Crippen LogP contribution in [0.1, 0.15) is 5.69 Å². The van der Waals surface area contributed by atoms with Crippen LogP contribution in [0.25, 0.3) is 11.3 Å². The van der Waals surface area contributed by atoms with Crippen molar-refractivity contribution in [1.82, 2.24) is 15.0 Å². The molecule has 0 aliphatic rings. The summed E-state index contributed by atoms with van der Waals surface area (Å²) in [5.41, 5.74) is 8.42. The van der Waals surface area contributed by atoms with Gasteiger partial charge in [-0.15, -0.1) is 0 Å². The Balaban J connectivity index is 1.90. The van der Waals surface area contributed by atoms with Crippen molar-refractivity contribution < 1.29 is 9.13 Å². The van der Waals surface area contributed by atoms with Gasteiger partial charge in [-0.3, -0.25) is 0 Å². The van der Waals surface area contributed by atoms with E-state index < -0.39 is 5.82 Å². The van der Waals surface area contributed by atoms with E-state index in [-0.39, 0.29) is 11.8 Å². The summed E-state index contributed by atoms with van der Waals surface area (Å²) in [7, 11) is 0. The highest BCUT2D eigenvalue weighted by Crippen LogP contribution is 2.29. The lowest BCUT2D eigenvalue weighted by atomic mass is 10.1. The van der Waals surface area contributed by atoms with Crippen molar-refractivity contribution in [3.63, 3.8) is 0 Å². The summed E-state index contributed by atoms with van der Waals surface area (Å²) in [6.07, 6.45) is 3.26. The molecule has 0 saturated carbocycles. The average Bonchev–Trinajstić information content (AvgIpc) is 2.87. The normalized spacial score (nSPS) is 10.6. The van der Waals surface area contributed by atoms with Gasteiger partial charge >= 0.3 is 6.01 Å². The van der Waals surface area contributed by atoms with Gasteiger partial charge in [0.15, 0.2) is 11.6 Å². The predicted molar refractivity (Wildman–Crippen MR) is 77.4 cm³/mol. The smallest absolute Gasteiger partial charge is 0.322 e.